The number of piperidine rings is 1. The number of hydrogen-bond acceptors (Lipinski definition) is 6. The van der Waals surface area contributed by atoms with Crippen LogP contribution >= 0.6 is 15.9 Å². The molecule has 2 aromatic heterocycles. The highest BCUT2D eigenvalue weighted by Crippen LogP contribution is 2.24. The SMILES string of the molecule is Cn1c(=O)n(C)c2cc(NC(=O)C3CCN(Cc4nc(-c5ccc(Br)cc5)no4)CC3)ccc21. The van der Waals surface area contributed by atoms with E-state index in [9.17, 15) is 9.59 Å². The third kappa shape index (κ3) is 4.43. The van der Waals surface area contributed by atoms with Crippen LogP contribution in [0, 0.1) is 5.92 Å². The summed E-state index contributed by atoms with van der Waals surface area (Å²) in [5.74, 6) is 1.09. The van der Waals surface area contributed by atoms with E-state index in [2.05, 4.69) is 36.3 Å². The molecule has 0 atom stereocenters. The predicted octanol–water partition coefficient (Wildman–Crippen LogP) is 3.54. The van der Waals surface area contributed by atoms with E-state index in [1.807, 2.05) is 42.5 Å². The van der Waals surface area contributed by atoms with Crippen molar-refractivity contribution in [2.45, 2.75) is 19.4 Å². The molecule has 1 aliphatic rings. The summed E-state index contributed by atoms with van der Waals surface area (Å²) in [5.41, 5.74) is 3.15. The number of rotatable bonds is 5. The first-order chi connectivity index (χ1) is 16.4. The Morgan fingerprint density at radius 1 is 1.09 bits per heavy atom. The van der Waals surface area contributed by atoms with Crippen molar-refractivity contribution >= 4 is 38.6 Å². The van der Waals surface area contributed by atoms with Crippen LogP contribution in [0.15, 0.2) is 56.3 Å². The second-order valence-corrected chi connectivity index (χ2v) is 9.58. The molecule has 9 nitrogen and oxygen atoms in total. The van der Waals surface area contributed by atoms with Gasteiger partial charge >= 0.3 is 5.69 Å². The molecule has 2 aromatic carbocycles. The fourth-order valence-electron chi connectivity index (χ4n) is 4.41. The van der Waals surface area contributed by atoms with Crippen LogP contribution in [-0.4, -0.2) is 43.2 Å². The van der Waals surface area contributed by atoms with Gasteiger partial charge in [-0.25, -0.2) is 4.79 Å². The number of nitrogens with one attached hydrogen (secondary N) is 1. The molecule has 0 bridgehead atoms. The third-order valence-corrected chi connectivity index (χ3v) is 6.96. The van der Waals surface area contributed by atoms with Crippen molar-refractivity contribution in [2.24, 2.45) is 20.0 Å². The largest absolute Gasteiger partial charge is 0.338 e. The Bertz CT molecular complexity index is 1400. The highest BCUT2D eigenvalue weighted by atomic mass is 79.9. The number of nitrogens with zero attached hydrogens (tertiary/aromatic N) is 5. The number of hydrogen-bond donors (Lipinski definition) is 1. The number of aromatic nitrogens is 4. The lowest BCUT2D eigenvalue weighted by Crippen LogP contribution is -2.37. The van der Waals surface area contributed by atoms with Gasteiger partial charge in [0.05, 0.1) is 17.6 Å². The quantitative estimate of drug-likeness (QED) is 0.428. The Balaban J connectivity index is 1.17. The van der Waals surface area contributed by atoms with Gasteiger partial charge in [0.1, 0.15) is 0 Å². The van der Waals surface area contributed by atoms with Gasteiger partial charge in [0.25, 0.3) is 0 Å². The van der Waals surface area contributed by atoms with Crippen LogP contribution in [0.5, 0.6) is 0 Å². The third-order valence-electron chi connectivity index (χ3n) is 6.43. The van der Waals surface area contributed by atoms with Gasteiger partial charge in [-0.15, -0.1) is 0 Å². The molecule has 1 N–H and O–H groups in total. The van der Waals surface area contributed by atoms with E-state index >= 15 is 0 Å². The van der Waals surface area contributed by atoms with Crippen molar-refractivity contribution in [2.75, 3.05) is 18.4 Å². The zero-order valence-electron chi connectivity index (χ0n) is 19.0. The summed E-state index contributed by atoms with van der Waals surface area (Å²) < 4.78 is 9.62. The van der Waals surface area contributed by atoms with Gasteiger partial charge in [-0.1, -0.05) is 21.1 Å². The Morgan fingerprint density at radius 3 is 2.53 bits per heavy atom. The zero-order valence-corrected chi connectivity index (χ0v) is 20.6. The molecule has 10 heteroatoms. The lowest BCUT2D eigenvalue weighted by atomic mass is 9.96. The fourth-order valence-corrected chi connectivity index (χ4v) is 4.67. The van der Waals surface area contributed by atoms with E-state index in [0.717, 1.165) is 47.0 Å². The molecule has 1 aliphatic heterocycles. The first-order valence-corrected chi connectivity index (χ1v) is 12.0. The van der Waals surface area contributed by atoms with Crippen molar-refractivity contribution < 1.29 is 9.32 Å². The van der Waals surface area contributed by atoms with E-state index in [1.165, 1.54) is 0 Å². The van der Waals surface area contributed by atoms with Gasteiger partial charge in [0.15, 0.2) is 0 Å². The van der Waals surface area contributed by atoms with Gasteiger partial charge in [-0.05, 0) is 68.4 Å². The van der Waals surface area contributed by atoms with Crippen LogP contribution < -0.4 is 11.0 Å². The molecule has 1 amide bonds. The van der Waals surface area contributed by atoms with Crippen LogP contribution in [-0.2, 0) is 25.4 Å². The second kappa shape index (κ2) is 9.19. The number of fused-ring (bicyclic) bond motifs is 1. The number of aryl methyl sites for hydroxylation is 2. The van der Waals surface area contributed by atoms with Gasteiger partial charge in [-0.3, -0.25) is 18.8 Å². The summed E-state index contributed by atoms with van der Waals surface area (Å²) in [6.45, 7) is 2.12. The molecular formula is C24H25BrN6O3. The molecule has 5 rings (SSSR count). The molecule has 0 aliphatic carbocycles. The van der Waals surface area contributed by atoms with Crippen molar-refractivity contribution in [3.8, 4) is 11.4 Å². The number of carbonyl (C=O) groups excluding carboxylic acids is 1. The molecule has 176 valence electrons. The monoisotopic (exact) mass is 524 g/mol. The lowest BCUT2D eigenvalue weighted by molar-refractivity contribution is -0.121. The van der Waals surface area contributed by atoms with E-state index in [-0.39, 0.29) is 17.5 Å². The van der Waals surface area contributed by atoms with Crippen LogP contribution in [0.1, 0.15) is 18.7 Å². The molecule has 34 heavy (non-hydrogen) atoms. The van der Waals surface area contributed by atoms with Crippen LogP contribution in [0.2, 0.25) is 0 Å². The van der Waals surface area contributed by atoms with Gasteiger partial charge in [-0.2, -0.15) is 4.98 Å². The van der Waals surface area contributed by atoms with E-state index in [1.54, 1.807) is 23.2 Å². The zero-order chi connectivity index (χ0) is 23.8. The Labute approximate surface area is 204 Å². The number of anilines is 1. The maximum Gasteiger partial charge on any atom is 0.328 e. The summed E-state index contributed by atoms with van der Waals surface area (Å²) >= 11 is 3.43. The molecule has 3 heterocycles. The maximum atomic E-state index is 12.9. The number of amides is 1. The number of halogens is 1. The molecule has 1 fully saturated rings. The Hall–Kier alpha value is -3.24. The molecule has 0 unspecified atom stereocenters. The Morgan fingerprint density at radius 2 is 1.79 bits per heavy atom. The molecule has 0 spiro atoms. The highest BCUT2D eigenvalue weighted by Gasteiger charge is 2.26. The molecular weight excluding hydrogens is 500 g/mol. The van der Waals surface area contributed by atoms with Crippen LogP contribution in [0.4, 0.5) is 5.69 Å². The minimum atomic E-state index is -0.0870. The van der Waals surface area contributed by atoms with E-state index < -0.39 is 0 Å². The van der Waals surface area contributed by atoms with Crippen LogP contribution in [0.3, 0.4) is 0 Å². The summed E-state index contributed by atoms with van der Waals surface area (Å²) in [6, 6.07) is 13.3. The minimum absolute atomic E-state index is 0.00949. The summed E-state index contributed by atoms with van der Waals surface area (Å²) in [5, 5.41) is 7.11. The van der Waals surface area contributed by atoms with Gasteiger partial charge < -0.3 is 9.84 Å². The maximum absolute atomic E-state index is 12.9. The fraction of sp³-hybridized carbons (Fsp3) is 0.333. The van der Waals surface area contributed by atoms with Crippen molar-refractivity contribution in [1.82, 2.24) is 24.2 Å². The molecule has 0 saturated carbocycles. The standard InChI is InChI=1S/C24H25BrN6O3/c1-29-19-8-7-18(13-20(19)30(2)24(29)33)26-23(32)16-9-11-31(12-10-16)14-21-27-22(28-34-21)15-3-5-17(25)6-4-15/h3-8,13,16H,9-12,14H2,1-2H3,(H,26,32). The van der Waals surface area contributed by atoms with Gasteiger partial charge in [0.2, 0.25) is 17.6 Å². The molecule has 1 saturated heterocycles. The molecule has 0 radical (unpaired) electrons. The molecule has 4 aromatic rings. The van der Waals surface area contributed by atoms with Crippen LogP contribution in [0.25, 0.3) is 22.4 Å². The first-order valence-electron chi connectivity index (χ1n) is 11.2. The first kappa shape index (κ1) is 22.5. The Kier molecular flexibility index (Phi) is 6.09. The summed E-state index contributed by atoms with van der Waals surface area (Å²) in [4.78, 5) is 31.7. The van der Waals surface area contributed by atoms with E-state index in [0.29, 0.717) is 23.9 Å². The normalized spacial score (nSPS) is 15.1. The smallest absolute Gasteiger partial charge is 0.328 e. The van der Waals surface area contributed by atoms with Crippen molar-refractivity contribution in [3.63, 3.8) is 0 Å². The minimum Gasteiger partial charge on any atom is -0.338 e. The lowest BCUT2D eigenvalue weighted by Gasteiger charge is -2.30. The summed E-state index contributed by atoms with van der Waals surface area (Å²) in [7, 11) is 3.48. The number of benzene rings is 2. The number of likely N-dealkylation sites (tertiary alicyclic amines) is 1. The average Bonchev–Trinajstić information content (AvgIpc) is 3.39. The summed E-state index contributed by atoms with van der Waals surface area (Å²) in [6.07, 6.45) is 1.51. The average molecular weight is 525 g/mol. The second-order valence-electron chi connectivity index (χ2n) is 8.66. The predicted molar refractivity (Wildman–Crippen MR) is 132 cm³/mol. The van der Waals surface area contributed by atoms with Crippen molar-refractivity contribution in [3.05, 3.63) is 63.3 Å². The van der Waals surface area contributed by atoms with Gasteiger partial charge in [0, 0.05) is 35.7 Å². The van der Waals surface area contributed by atoms with E-state index in [4.69, 9.17) is 4.52 Å². The number of imidazole rings is 1. The van der Waals surface area contributed by atoms with Crippen molar-refractivity contribution in [1.29, 1.82) is 0 Å². The number of carbonyl (C=O) groups is 1. The highest BCUT2D eigenvalue weighted by molar-refractivity contribution is 9.10. The topological polar surface area (TPSA) is 98.2 Å².